The number of hydrogen-bond donors (Lipinski definition) is 10. The number of H-pyrrole nitrogens is 2. The molecule has 15 nitrogen and oxygen atoms in total. The number of carbonyl (C=O) groups excluding carboxylic acids is 2. The van der Waals surface area contributed by atoms with Crippen LogP contribution in [0.5, 0.6) is 0 Å². The third-order valence-corrected chi connectivity index (χ3v) is 15.8. The largest absolute Gasteiger partial charge is 0.481 e. The Morgan fingerprint density at radius 3 is 1.89 bits per heavy atom. The summed E-state index contributed by atoms with van der Waals surface area (Å²) in [6, 6.07) is 12.9. The first-order valence-corrected chi connectivity index (χ1v) is 27.1. The Labute approximate surface area is 436 Å². The summed E-state index contributed by atoms with van der Waals surface area (Å²) in [7, 11) is 4.18. The average Bonchev–Trinajstić information content (AvgIpc) is 4.09. The molecule has 2 aromatic carbocycles. The van der Waals surface area contributed by atoms with Crippen molar-refractivity contribution in [1.82, 2.24) is 30.4 Å². The third kappa shape index (κ3) is 13.5. The van der Waals surface area contributed by atoms with Crippen LogP contribution in [0.15, 0.2) is 85.2 Å². The highest BCUT2D eigenvalue weighted by molar-refractivity contribution is 6.00. The van der Waals surface area contributed by atoms with Crippen LogP contribution < -0.4 is 10.6 Å². The fourth-order valence-corrected chi connectivity index (χ4v) is 11.6. The van der Waals surface area contributed by atoms with Gasteiger partial charge < -0.3 is 51.2 Å². The van der Waals surface area contributed by atoms with Gasteiger partial charge in [0, 0.05) is 84.2 Å². The molecule has 2 aliphatic heterocycles. The van der Waals surface area contributed by atoms with E-state index in [1.54, 1.807) is 6.08 Å². The maximum absolute atomic E-state index is 12.7. The predicted octanol–water partition coefficient (Wildman–Crippen LogP) is 6.50. The molecule has 2 amide bonds. The van der Waals surface area contributed by atoms with Gasteiger partial charge in [-0.1, -0.05) is 93.8 Å². The summed E-state index contributed by atoms with van der Waals surface area (Å²) in [5.41, 5.74) is 10.0. The molecule has 11 atom stereocenters. The van der Waals surface area contributed by atoms with Crippen molar-refractivity contribution in [2.24, 2.45) is 23.7 Å². The van der Waals surface area contributed by atoms with E-state index in [-0.39, 0.29) is 67.2 Å². The second-order valence-electron chi connectivity index (χ2n) is 21.3. The summed E-state index contributed by atoms with van der Waals surface area (Å²) in [6.07, 6.45) is 23.5. The molecule has 1 fully saturated rings. The van der Waals surface area contributed by atoms with Crippen LogP contribution in [0, 0.1) is 23.7 Å². The van der Waals surface area contributed by atoms with Crippen LogP contribution in [0.3, 0.4) is 0 Å². The van der Waals surface area contributed by atoms with Crippen molar-refractivity contribution in [2.75, 3.05) is 40.4 Å². The number of carbonyl (C=O) groups is 3. The number of unbranched alkanes of at least 4 members (excludes halogenated alkanes) is 3. The molecular formula is C59H82N6O9. The van der Waals surface area contributed by atoms with E-state index in [0.29, 0.717) is 50.9 Å². The Hall–Kier alpha value is -5.39. The zero-order valence-electron chi connectivity index (χ0n) is 44.0. The van der Waals surface area contributed by atoms with Crippen LogP contribution in [0.4, 0.5) is 0 Å². The van der Waals surface area contributed by atoms with Gasteiger partial charge >= 0.3 is 5.97 Å². The van der Waals surface area contributed by atoms with Crippen molar-refractivity contribution >= 4 is 50.7 Å². The third-order valence-electron chi connectivity index (χ3n) is 15.8. The number of aliphatic hydroxyl groups is 5. The maximum Gasteiger partial charge on any atom is 0.303 e. The maximum atomic E-state index is 12.7. The molecule has 0 unspecified atom stereocenters. The number of nitrogens with one attached hydrogen (secondary N) is 4. The van der Waals surface area contributed by atoms with Gasteiger partial charge in [0.05, 0.1) is 49.4 Å². The second kappa shape index (κ2) is 26.4. The lowest BCUT2D eigenvalue weighted by atomic mass is 9.80. The van der Waals surface area contributed by atoms with Crippen molar-refractivity contribution in [3.63, 3.8) is 0 Å². The lowest BCUT2D eigenvalue weighted by molar-refractivity contribution is -0.137. The molecule has 4 aromatic rings. The number of carboxylic acid groups (broad SMARTS) is 1. The predicted molar refractivity (Wildman–Crippen MR) is 292 cm³/mol. The molecule has 15 heteroatoms. The van der Waals surface area contributed by atoms with Gasteiger partial charge in [0.2, 0.25) is 11.8 Å². The van der Waals surface area contributed by atoms with E-state index in [9.17, 15) is 34.8 Å². The summed E-state index contributed by atoms with van der Waals surface area (Å²) < 4.78 is 0. The van der Waals surface area contributed by atoms with E-state index in [1.165, 1.54) is 44.2 Å². The number of aliphatic hydroxyl groups excluding tert-OH is 5. The Balaban J connectivity index is 0.000000162. The molecule has 0 spiro atoms. The molecule has 402 valence electrons. The van der Waals surface area contributed by atoms with Gasteiger partial charge in [-0.05, 0) is 117 Å². The van der Waals surface area contributed by atoms with Crippen molar-refractivity contribution in [3.8, 4) is 0 Å². The number of allylic oxidation sites excluding steroid dienone is 2. The molecule has 5 aliphatic rings. The van der Waals surface area contributed by atoms with Crippen molar-refractivity contribution < 1.29 is 45.0 Å². The standard InChI is InChI=1S/C20H25N3O2.C20H34O5.C19H23N3O2/c1-3-14(11-24)22-20(25)13-7-16-15-5-4-6-17-19(15)12(9-21-17)8-18(16)23(2)10-13;1-2-3-6-9-15(21)12-13-17-16(18(22)14-19(17)23)10-7-4-5-8-11-20(24)25;1-11(10-23)21-19(24)13-6-15-14-4-3-5-16-18(14)12(8-20-16)7-17(15)22(2)9-13/h4-7,9,13-14,18,21,24H,3,8,10-11H2,1-2H3,(H,22,25);4,7,12-13,15-19,21-23H,2-3,5-6,8-11,14H2,1H3,(H,24,25);3-6,8,11,13,17,20,23H,7,9-10H2,1-2H3,(H,21,24)/b;7-4-,13-12+;/t13-,14+,18-;15-,16+,17+,18-,19+;11-,13+,17+/m100/s1. The van der Waals surface area contributed by atoms with Gasteiger partial charge in [-0.15, -0.1) is 0 Å². The number of hydrogen-bond acceptors (Lipinski definition) is 10. The number of aromatic nitrogens is 2. The Kier molecular flexibility index (Phi) is 20.1. The molecule has 10 N–H and O–H groups in total. The average molecular weight is 1020 g/mol. The summed E-state index contributed by atoms with van der Waals surface area (Å²) in [6.45, 7) is 7.25. The first kappa shape index (κ1) is 56.3. The zero-order valence-corrected chi connectivity index (χ0v) is 44.0. The summed E-state index contributed by atoms with van der Waals surface area (Å²) in [5.74, 6) is -1.39. The van der Waals surface area contributed by atoms with E-state index < -0.39 is 24.3 Å². The monoisotopic (exact) mass is 1020 g/mol. The zero-order chi connectivity index (χ0) is 53.1. The van der Waals surface area contributed by atoms with Gasteiger partial charge in [0.25, 0.3) is 0 Å². The first-order chi connectivity index (χ1) is 35.6. The molecule has 0 bridgehead atoms. The van der Waals surface area contributed by atoms with E-state index in [4.69, 9.17) is 10.2 Å². The molecule has 4 heterocycles. The molecular weight excluding hydrogens is 937 g/mol. The summed E-state index contributed by atoms with van der Waals surface area (Å²) >= 11 is 0. The summed E-state index contributed by atoms with van der Waals surface area (Å²) in [4.78, 5) is 47.0. The lowest BCUT2D eigenvalue weighted by Gasteiger charge is -2.39. The SMILES string of the molecule is CCCCC[C@H](O)/C=C/[C@@H]1[C@@H](C/C=C\CCCC(=O)O)[C@@H](O)C[C@H]1O.CC[C@@H](CO)NC(=O)[C@@H]1C=C2c3cccc4[nH]cc(c34)C[C@H]2N(C)C1.C[C@@H](CO)NC(=O)[C@@H]1C=C2c3cccc4[nH]cc(c34)C[C@H]2N(C)C1. The number of rotatable bonds is 19. The molecule has 0 radical (unpaired) electrons. The number of aliphatic carboxylic acids is 1. The van der Waals surface area contributed by atoms with Crippen LogP contribution in [-0.2, 0) is 27.2 Å². The van der Waals surface area contributed by atoms with E-state index in [1.807, 2.05) is 32.1 Å². The Bertz CT molecular complexity index is 2650. The molecule has 74 heavy (non-hydrogen) atoms. The number of aromatic amines is 2. The van der Waals surface area contributed by atoms with Gasteiger partial charge in [0.1, 0.15) is 0 Å². The van der Waals surface area contributed by atoms with Crippen LogP contribution >= 0.6 is 0 Å². The number of carboxylic acids is 1. The smallest absolute Gasteiger partial charge is 0.303 e. The number of amides is 2. The highest BCUT2D eigenvalue weighted by Gasteiger charge is 2.40. The fraction of sp³-hybridized carbons (Fsp3) is 0.542. The quantitative estimate of drug-likeness (QED) is 0.0360. The van der Waals surface area contributed by atoms with Crippen LogP contribution in [0.1, 0.15) is 107 Å². The van der Waals surface area contributed by atoms with Crippen LogP contribution in [0.25, 0.3) is 33.0 Å². The number of fused-ring (bicyclic) bond motifs is 4. The van der Waals surface area contributed by atoms with Gasteiger partial charge in [-0.2, -0.15) is 0 Å². The fourth-order valence-electron chi connectivity index (χ4n) is 11.6. The van der Waals surface area contributed by atoms with Gasteiger partial charge in [-0.3, -0.25) is 24.2 Å². The second-order valence-corrected chi connectivity index (χ2v) is 21.3. The van der Waals surface area contributed by atoms with Crippen molar-refractivity contribution in [3.05, 3.63) is 108 Å². The van der Waals surface area contributed by atoms with Crippen molar-refractivity contribution in [2.45, 2.75) is 140 Å². The van der Waals surface area contributed by atoms with Crippen LogP contribution in [-0.4, -0.2) is 151 Å². The topological polar surface area (TPSA) is 235 Å². The Morgan fingerprint density at radius 2 is 1.36 bits per heavy atom. The molecule has 9 rings (SSSR count). The number of nitrogens with zero attached hydrogens (tertiary/aromatic N) is 2. The Morgan fingerprint density at radius 1 is 0.784 bits per heavy atom. The first-order valence-electron chi connectivity index (χ1n) is 27.1. The molecule has 3 aliphatic carbocycles. The normalized spacial score (nSPS) is 25.5. The van der Waals surface area contributed by atoms with Gasteiger partial charge in [-0.25, -0.2) is 0 Å². The lowest BCUT2D eigenvalue weighted by Crippen LogP contribution is -2.48. The minimum Gasteiger partial charge on any atom is -0.481 e. The number of benzene rings is 2. The minimum atomic E-state index is -0.787. The minimum absolute atomic E-state index is 0.00532. The molecule has 1 saturated carbocycles. The summed E-state index contributed by atoms with van der Waals surface area (Å²) in [5, 5.41) is 65.9. The van der Waals surface area contributed by atoms with Gasteiger partial charge in [0.15, 0.2) is 0 Å². The van der Waals surface area contributed by atoms with E-state index in [2.05, 4.69) is 112 Å². The van der Waals surface area contributed by atoms with E-state index in [0.717, 1.165) is 56.0 Å². The number of likely N-dealkylation sites (N-methyl/N-ethyl adjacent to an activating group) is 2. The van der Waals surface area contributed by atoms with E-state index >= 15 is 0 Å². The molecule has 0 saturated heterocycles. The van der Waals surface area contributed by atoms with Crippen molar-refractivity contribution in [1.29, 1.82) is 0 Å². The highest BCUT2D eigenvalue weighted by atomic mass is 16.4. The van der Waals surface area contributed by atoms with Crippen LogP contribution in [0.2, 0.25) is 0 Å². The molecule has 2 aromatic heterocycles. The highest BCUT2D eigenvalue weighted by Crippen LogP contribution is 2.43.